The van der Waals surface area contributed by atoms with Crippen LogP contribution in [0.1, 0.15) is 0 Å². The largest absolute Gasteiger partial charge is 4.00 e. The molecule has 10 heavy (non-hydrogen) atoms. The Labute approximate surface area is 150 Å². The smallest absolute Gasteiger partial charge is 3.00 e. The third-order valence-corrected chi connectivity index (χ3v) is 0. The monoisotopic (exact) mass is 785 g/mol. The van der Waals surface area contributed by atoms with Gasteiger partial charge in [0.25, 0.3) is 0 Å². The first kappa shape index (κ1) is 146. The van der Waals surface area contributed by atoms with Gasteiger partial charge in [-0.25, -0.2) is 0 Å². The molecule has 0 spiro atoms. The Balaban J connectivity index is 0. The van der Waals surface area contributed by atoms with E-state index in [9.17, 15) is 0 Å². The maximum atomic E-state index is 0. The molecule has 0 saturated carbocycles. The van der Waals surface area contributed by atoms with Crippen molar-refractivity contribution in [2.45, 2.75) is 0 Å². The van der Waals surface area contributed by atoms with Crippen molar-refractivity contribution in [2.75, 3.05) is 0 Å². The molecule has 0 saturated heterocycles. The first-order chi connectivity index (χ1) is 0. The Morgan fingerprint density at radius 3 is 0.300 bits per heavy atom. The molecule has 0 aliphatic carbocycles. The molecule has 0 aromatic heterocycles. The van der Waals surface area contributed by atoms with E-state index in [2.05, 4.69) is 0 Å². The molecule has 0 aliphatic rings. The summed E-state index contributed by atoms with van der Waals surface area (Å²) in [7, 11) is 0. The summed E-state index contributed by atoms with van der Waals surface area (Å²) >= 11 is 0. The quantitative estimate of drug-likeness (QED) is 0.328. The molecular formula is N4Pt3Ti3. The molecule has 62 valence electrons. The van der Waals surface area contributed by atoms with Crippen LogP contribution in [0.4, 0.5) is 0 Å². The first-order valence-corrected chi connectivity index (χ1v) is 0. The van der Waals surface area contributed by atoms with Crippen LogP contribution >= 0.6 is 0 Å². The van der Waals surface area contributed by atoms with Crippen LogP contribution in [0.5, 0.6) is 0 Å². The van der Waals surface area contributed by atoms with Crippen molar-refractivity contribution in [3.63, 3.8) is 0 Å². The van der Waals surface area contributed by atoms with Crippen LogP contribution in [0.3, 0.4) is 0 Å². The van der Waals surface area contributed by atoms with Gasteiger partial charge in [-0.3, -0.25) is 0 Å². The predicted octanol–water partition coefficient (Wildman–Crippen LogP) is 1.14. The van der Waals surface area contributed by atoms with Crippen LogP contribution in [0, 0.1) is 0 Å². The molecule has 0 unspecified atom stereocenters. The predicted molar refractivity (Wildman–Crippen MR) is 13.4 cm³/mol. The molecular weight excluding hydrogens is 785 g/mol. The molecule has 0 atom stereocenters. The van der Waals surface area contributed by atoms with Gasteiger partial charge in [0, 0.05) is 63.2 Å². The molecule has 0 rings (SSSR count). The summed E-state index contributed by atoms with van der Waals surface area (Å²) in [6.07, 6.45) is 0. The van der Waals surface area contributed by atoms with Gasteiger partial charge in [-0.05, 0) is 0 Å². The molecule has 10 heteroatoms. The molecule has 0 aromatic carbocycles. The number of nitrogens with zero attached hydrogens (tertiary/aromatic N) is 4. The van der Waals surface area contributed by atoms with Gasteiger partial charge in [-0.1, -0.05) is 0 Å². The van der Waals surface area contributed by atoms with E-state index in [1.165, 1.54) is 0 Å². The molecule has 0 heterocycles. The number of hydrogen-bond acceptors (Lipinski definition) is 0. The Hall–Kier alpha value is 4.05. The van der Waals surface area contributed by atoms with Crippen molar-refractivity contribution in [3.8, 4) is 0 Å². The summed E-state index contributed by atoms with van der Waals surface area (Å²) in [6, 6.07) is 0. The van der Waals surface area contributed by atoms with E-state index in [1.807, 2.05) is 0 Å². The third kappa shape index (κ3) is 89.7. The average Bonchev–Trinajstić information content (AvgIpc) is 0. The molecule has 0 radical (unpaired) electrons. The van der Waals surface area contributed by atoms with E-state index in [0.717, 1.165) is 0 Å². The Morgan fingerprint density at radius 2 is 0.300 bits per heavy atom. The zero-order valence-corrected chi connectivity index (χ0v) is 15.7. The normalized spacial score (nSPS) is 0. The summed E-state index contributed by atoms with van der Waals surface area (Å²) in [4.78, 5) is 0. The Morgan fingerprint density at radius 1 is 0.300 bits per heavy atom. The van der Waals surface area contributed by atoms with Gasteiger partial charge in [0.05, 0.1) is 0 Å². The summed E-state index contributed by atoms with van der Waals surface area (Å²) in [5.41, 5.74) is 0. The van der Waals surface area contributed by atoms with Crippen molar-refractivity contribution in [2.24, 2.45) is 0 Å². The topological polar surface area (TPSA) is 122 Å². The SMILES string of the molecule is [N-3].[N-3].[N-3].[N-3].[Pt].[Pt].[Pt].[Ti+4].[Ti+4].[Ti+4]. The van der Waals surface area contributed by atoms with Gasteiger partial charge in [0.15, 0.2) is 0 Å². The van der Waals surface area contributed by atoms with E-state index in [-0.39, 0.29) is 153 Å². The van der Waals surface area contributed by atoms with Crippen LogP contribution in [0.25, 0.3) is 24.6 Å². The van der Waals surface area contributed by atoms with Gasteiger partial charge in [0.2, 0.25) is 0 Å². The van der Waals surface area contributed by atoms with Crippen LogP contribution < -0.4 is 0 Å². The fraction of sp³-hybridized carbons (Fsp3) is 0. The van der Waals surface area contributed by atoms with Gasteiger partial charge < -0.3 is 24.6 Å². The zero-order valence-electron chi connectivity index (χ0n) is 4.24. The second kappa shape index (κ2) is 116. The van der Waals surface area contributed by atoms with E-state index in [1.54, 1.807) is 0 Å². The molecule has 0 aromatic rings. The van der Waals surface area contributed by atoms with E-state index < -0.39 is 0 Å². The van der Waals surface area contributed by atoms with Crippen LogP contribution in [0.15, 0.2) is 0 Å². The number of rotatable bonds is 0. The molecule has 4 nitrogen and oxygen atoms in total. The summed E-state index contributed by atoms with van der Waals surface area (Å²) < 4.78 is 0. The molecule has 0 N–H and O–H groups in total. The summed E-state index contributed by atoms with van der Waals surface area (Å²) in [5, 5.41) is 0. The second-order valence-corrected chi connectivity index (χ2v) is 0. The van der Waals surface area contributed by atoms with Gasteiger partial charge in [-0.2, -0.15) is 0 Å². The van der Waals surface area contributed by atoms with Crippen molar-refractivity contribution in [3.05, 3.63) is 24.6 Å². The van der Waals surface area contributed by atoms with Crippen molar-refractivity contribution < 1.29 is 128 Å². The zero-order chi connectivity index (χ0) is 0. The maximum absolute atomic E-state index is 0. The number of hydrogen-bond donors (Lipinski definition) is 0. The van der Waals surface area contributed by atoms with E-state index >= 15 is 0 Å². The van der Waals surface area contributed by atoms with E-state index in [4.69, 9.17) is 0 Å². The average molecular weight is 785 g/mol. The molecule has 0 amide bonds. The van der Waals surface area contributed by atoms with Crippen molar-refractivity contribution >= 4 is 0 Å². The Kier molecular flexibility index (Phi) is 1690. The minimum atomic E-state index is 0. The van der Waals surface area contributed by atoms with Crippen LogP contribution in [0.2, 0.25) is 0 Å². The minimum absolute atomic E-state index is 0. The third-order valence-electron chi connectivity index (χ3n) is 0. The van der Waals surface area contributed by atoms with E-state index in [0.29, 0.717) is 0 Å². The summed E-state index contributed by atoms with van der Waals surface area (Å²) in [6.45, 7) is 0. The van der Waals surface area contributed by atoms with Crippen molar-refractivity contribution in [1.29, 1.82) is 0 Å². The standard InChI is InChI=1S/4N.3Pt.3Ti/q4*-3;;;;3*+4. The van der Waals surface area contributed by atoms with Crippen LogP contribution in [-0.4, -0.2) is 0 Å². The Bertz CT molecular complexity index is 15.7. The van der Waals surface area contributed by atoms with Gasteiger partial charge >= 0.3 is 65.2 Å². The molecule has 0 bridgehead atoms. The minimum Gasteiger partial charge on any atom is -3.00 e. The van der Waals surface area contributed by atoms with Crippen LogP contribution in [-0.2, 0) is 128 Å². The fourth-order valence-electron chi connectivity index (χ4n) is 0. The second-order valence-electron chi connectivity index (χ2n) is 0. The van der Waals surface area contributed by atoms with Gasteiger partial charge in [-0.15, -0.1) is 0 Å². The fourth-order valence-corrected chi connectivity index (χ4v) is 0. The molecule has 0 aliphatic heterocycles. The maximum Gasteiger partial charge on any atom is 4.00 e. The molecule has 0 fully saturated rings. The van der Waals surface area contributed by atoms with Crippen molar-refractivity contribution in [1.82, 2.24) is 0 Å². The first-order valence-electron chi connectivity index (χ1n) is 0. The van der Waals surface area contributed by atoms with Gasteiger partial charge in [0.1, 0.15) is 0 Å². The summed E-state index contributed by atoms with van der Waals surface area (Å²) in [5.74, 6) is 0.